The molecule has 5 heteroatoms. The Kier molecular flexibility index (Phi) is 5.87. The zero-order chi connectivity index (χ0) is 11.1. The van der Waals surface area contributed by atoms with Crippen LogP contribution in [0.15, 0.2) is 0 Å². The van der Waals surface area contributed by atoms with Crippen molar-refractivity contribution in [2.45, 2.75) is 26.4 Å². The van der Waals surface area contributed by atoms with Crippen molar-refractivity contribution in [2.75, 3.05) is 13.7 Å². The van der Waals surface area contributed by atoms with Crippen molar-refractivity contribution in [1.29, 1.82) is 0 Å². The molecule has 0 heterocycles. The molecule has 5 nitrogen and oxygen atoms in total. The van der Waals surface area contributed by atoms with E-state index in [4.69, 9.17) is 5.11 Å². The average Bonchev–Trinajstić information content (AvgIpc) is 2.13. The third-order valence-electron chi connectivity index (χ3n) is 1.56. The number of ether oxygens (including phenoxy) is 2. The molecule has 0 saturated heterocycles. The first-order valence-electron chi connectivity index (χ1n) is 4.39. The normalized spacial score (nSPS) is 14.3. The van der Waals surface area contributed by atoms with Crippen LogP contribution in [0.1, 0.15) is 20.3 Å². The van der Waals surface area contributed by atoms with Gasteiger partial charge >= 0.3 is 11.9 Å². The molecule has 0 spiro atoms. The van der Waals surface area contributed by atoms with E-state index in [1.165, 1.54) is 14.0 Å². The molecule has 1 N–H and O–H groups in total. The molecule has 82 valence electrons. The van der Waals surface area contributed by atoms with Crippen molar-refractivity contribution < 1.29 is 24.2 Å². The number of aliphatic hydroxyl groups is 1. The maximum Gasteiger partial charge on any atom is 0.308 e. The molecule has 0 fully saturated rings. The predicted molar refractivity (Wildman–Crippen MR) is 48.4 cm³/mol. The summed E-state index contributed by atoms with van der Waals surface area (Å²) in [5.41, 5.74) is 0. The summed E-state index contributed by atoms with van der Waals surface area (Å²) in [7, 11) is 1.26. The van der Waals surface area contributed by atoms with E-state index in [1.807, 2.05) is 0 Å². The lowest BCUT2D eigenvalue weighted by Crippen LogP contribution is -2.21. The molecule has 0 aliphatic carbocycles. The van der Waals surface area contributed by atoms with E-state index in [2.05, 4.69) is 9.47 Å². The number of rotatable bonds is 5. The highest BCUT2D eigenvalue weighted by Crippen LogP contribution is 2.05. The highest BCUT2D eigenvalue weighted by atomic mass is 16.5. The first-order valence-corrected chi connectivity index (χ1v) is 4.39. The van der Waals surface area contributed by atoms with Crippen LogP contribution in [-0.2, 0) is 19.1 Å². The number of esters is 2. The molecule has 0 aliphatic rings. The average molecular weight is 204 g/mol. The monoisotopic (exact) mass is 204 g/mol. The summed E-state index contributed by atoms with van der Waals surface area (Å²) in [6, 6.07) is 0. The van der Waals surface area contributed by atoms with Crippen LogP contribution in [0, 0.1) is 5.92 Å². The number of hydrogen-bond donors (Lipinski definition) is 1. The summed E-state index contributed by atoms with van der Waals surface area (Å²) < 4.78 is 9.11. The molecule has 0 saturated carbocycles. The van der Waals surface area contributed by atoms with E-state index in [9.17, 15) is 9.59 Å². The van der Waals surface area contributed by atoms with Gasteiger partial charge in [0.2, 0.25) is 0 Å². The molecule has 0 aromatic carbocycles. The lowest BCUT2D eigenvalue weighted by Gasteiger charge is -2.09. The lowest BCUT2D eigenvalue weighted by atomic mass is 10.1. The zero-order valence-electron chi connectivity index (χ0n) is 8.65. The molecule has 2 unspecified atom stereocenters. The molecule has 0 amide bonds. The molecule has 14 heavy (non-hydrogen) atoms. The van der Waals surface area contributed by atoms with Gasteiger partial charge in [0.25, 0.3) is 0 Å². The van der Waals surface area contributed by atoms with Crippen LogP contribution in [0.5, 0.6) is 0 Å². The van der Waals surface area contributed by atoms with E-state index in [1.54, 1.807) is 6.92 Å². The second kappa shape index (κ2) is 6.37. The van der Waals surface area contributed by atoms with Crippen molar-refractivity contribution in [1.82, 2.24) is 0 Å². The van der Waals surface area contributed by atoms with Gasteiger partial charge in [0.15, 0.2) is 0 Å². The van der Waals surface area contributed by atoms with Gasteiger partial charge in [-0.25, -0.2) is 0 Å². The Morgan fingerprint density at radius 2 is 1.93 bits per heavy atom. The number of carbonyl (C=O) groups is 2. The summed E-state index contributed by atoms with van der Waals surface area (Å²) in [6.45, 7) is 3.04. The van der Waals surface area contributed by atoms with Crippen molar-refractivity contribution in [2.24, 2.45) is 5.92 Å². The van der Waals surface area contributed by atoms with Gasteiger partial charge in [-0.05, 0) is 6.92 Å². The lowest BCUT2D eigenvalue weighted by molar-refractivity contribution is -0.154. The Morgan fingerprint density at radius 1 is 1.36 bits per heavy atom. The number of carbonyl (C=O) groups excluding carboxylic acids is 2. The SMILES string of the molecule is COC(=O)C(C)CC(=O)OCC(C)O. The van der Waals surface area contributed by atoms with Crippen molar-refractivity contribution in [3.63, 3.8) is 0 Å². The van der Waals surface area contributed by atoms with Crippen LogP contribution >= 0.6 is 0 Å². The van der Waals surface area contributed by atoms with Crippen LogP contribution in [-0.4, -0.2) is 36.9 Å². The third kappa shape index (κ3) is 5.53. The Morgan fingerprint density at radius 3 is 2.36 bits per heavy atom. The quantitative estimate of drug-likeness (QED) is 0.643. The molecule has 2 atom stereocenters. The molecule has 0 aliphatic heterocycles. The molecule has 0 aromatic rings. The number of hydrogen-bond acceptors (Lipinski definition) is 5. The van der Waals surface area contributed by atoms with E-state index in [0.29, 0.717) is 0 Å². The Balaban J connectivity index is 3.77. The molecule has 0 aromatic heterocycles. The number of aliphatic hydroxyl groups excluding tert-OH is 1. The van der Waals surface area contributed by atoms with Crippen LogP contribution in [0.25, 0.3) is 0 Å². The van der Waals surface area contributed by atoms with Gasteiger partial charge in [0, 0.05) is 0 Å². The molecular weight excluding hydrogens is 188 g/mol. The van der Waals surface area contributed by atoms with Crippen molar-refractivity contribution >= 4 is 11.9 Å². The Labute approximate surface area is 83.0 Å². The summed E-state index contributed by atoms with van der Waals surface area (Å²) >= 11 is 0. The first kappa shape index (κ1) is 12.9. The fraction of sp³-hybridized carbons (Fsp3) is 0.778. The van der Waals surface area contributed by atoms with Gasteiger partial charge in [-0.3, -0.25) is 9.59 Å². The van der Waals surface area contributed by atoms with E-state index in [0.717, 1.165) is 0 Å². The standard InChI is InChI=1S/C9H16O5/c1-6(9(12)13-3)4-8(11)14-5-7(2)10/h6-7,10H,4-5H2,1-3H3. The van der Waals surface area contributed by atoms with E-state index >= 15 is 0 Å². The van der Waals surface area contributed by atoms with E-state index < -0.39 is 24.0 Å². The van der Waals surface area contributed by atoms with Crippen LogP contribution in [0.3, 0.4) is 0 Å². The summed E-state index contributed by atoms with van der Waals surface area (Å²) in [4.78, 5) is 21.9. The molecule has 0 radical (unpaired) electrons. The van der Waals surface area contributed by atoms with Crippen molar-refractivity contribution in [3.8, 4) is 0 Å². The van der Waals surface area contributed by atoms with Gasteiger partial charge in [0.05, 0.1) is 25.6 Å². The second-order valence-corrected chi connectivity index (χ2v) is 3.16. The fourth-order valence-corrected chi connectivity index (χ4v) is 0.807. The fourth-order valence-electron chi connectivity index (χ4n) is 0.807. The Bertz CT molecular complexity index is 199. The van der Waals surface area contributed by atoms with Gasteiger partial charge in [-0.15, -0.1) is 0 Å². The summed E-state index contributed by atoms with van der Waals surface area (Å²) in [5.74, 6) is -1.47. The van der Waals surface area contributed by atoms with Crippen LogP contribution in [0.2, 0.25) is 0 Å². The largest absolute Gasteiger partial charge is 0.469 e. The van der Waals surface area contributed by atoms with Gasteiger partial charge in [-0.2, -0.15) is 0 Å². The predicted octanol–water partition coefficient (Wildman–Crippen LogP) is 0.110. The summed E-state index contributed by atoms with van der Waals surface area (Å²) in [6.07, 6.45) is -0.716. The zero-order valence-corrected chi connectivity index (χ0v) is 8.65. The second-order valence-electron chi connectivity index (χ2n) is 3.16. The minimum atomic E-state index is -0.688. The minimum Gasteiger partial charge on any atom is -0.469 e. The highest BCUT2D eigenvalue weighted by Gasteiger charge is 2.18. The topological polar surface area (TPSA) is 72.8 Å². The van der Waals surface area contributed by atoms with Gasteiger partial charge in [-0.1, -0.05) is 6.92 Å². The van der Waals surface area contributed by atoms with Gasteiger partial charge < -0.3 is 14.6 Å². The first-order chi connectivity index (χ1) is 6.47. The van der Waals surface area contributed by atoms with Crippen LogP contribution in [0.4, 0.5) is 0 Å². The maximum atomic E-state index is 11.0. The van der Waals surface area contributed by atoms with Crippen molar-refractivity contribution in [3.05, 3.63) is 0 Å². The third-order valence-corrected chi connectivity index (χ3v) is 1.56. The van der Waals surface area contributed by atoms with E-state index in [-0.39, 0.29) is 13.0 Å². The smallest absolute Gasteiger partial charge is 0.308 e. The molecular formula is C9H16O5. The maximum absolute atomic E-state index is 11.0. The highest BCUT2D eigenvalue weighted by molar-refractivity contribution is 5.79. The van der Waals surface area contributed by atoms with Gasteiger partial charge in [0.1, 0.15) is 6.61 Å². The molecule has 0 bridgehead atoms. The Hall–Kier alpha value is -1.10. The molecule has 0 rings (SSSR count). The van der Waals surface area contributed by atoms with Crippen LogP contribution < -0.4 is 0 Å². The number of methoxy groups -OCH3 is 1. The minimum absolute atomic E-state index is 0.0284. The summed E-state index contributed by atoms with van der Waals surface area (Å²) in [5, 5.41) is 8.82.